The van der Waals surface area contributed by atoms with Gasteiger partial charge in [0.2, 0.25) is 5.91 Å². The SMILES string of the molecule is Cc1cc([C@H](C#N)c2ccc(Cl)cc2)c(Cl)cc1NC(=O)[C@H](C)Cl. The fraction of sp³-hybridized carbons (Fsp3) is 0.222. The van der Waals surface area contributed by atoms with Crippen LogP contribution in [0.5, 0.6) is 0 Å². The van der Waals surface area contributed by atoms with Crippen molar-refractivity contribution in [3.8, 4) is 6.07 Å². The van der Waals surface area contributed by atoms with Crippen molar-refractivity contribution >= 4 is 46.4 Å². The van der Waals surface area contributed by atoms with Crippen LogP contribution < -0.4 is 5.32 Å². The summed E-state index contributed by atoms with van der Waals surface area (Å²) in [5.74, 6) is -0.830. The van der Waals surface area contributed by atoms with E-state index in [1.54, 1.807) is 43.3 Å². The molecule has 0 saturated carbocycles. The summed E-state index contributed by atoms with van der Waals surface area (Å²) in [4.78, 5) is 11.8. The Morgan fingerprint density at radius 2 is 1.83 bits per heavy atom. The van der Waals surface area contributed by atoms with Crippen molar-refractivity contribution in [1.29, 1.82) is 5.26 Å². The summed E-state index contributed by atoms with van der Waals surface area (Å²) in [6.07, 6.45) is 0. The Morgan fingerprint density at radius 3 is 2.38 bits per heavy atom. The van der Waals surface area contributed by atoms with E-state index in [-0.39, 0.29) is 5.91 Å². The highest BCUT2D eigenvalue weighted by Gasteiger charge is 2.19. The molecule has 2 aromatic carbocycles. The second-order valence-electron chi connectivity index (χ2n) is 5.41. The number of nitriles is 1. The van der Waals surface area contributed by atoms with Crippen LogP contribution in [0.4, 0.5) is 5.69 Å². The molecule has 0 aliphatic rings. The van der Waals surface area contributed by atoms with E-state index in [2.05, 4.69) is 11.4 Å². The van der Waals surface area contributed by atoms with Crippen molar-refractivity contribution in [2.24, 2.45) is 0 Å². The summed E-state index contributed by atoms with van der Waals surface area (Å²) < 4.78 is 0. The normalized spacial score (nSPS) is 13.0. The molecule has 0 spiro atoms. The van der Waals surface area contributed by atoms with Gasteiger partial charge in [0.05, 0.1) is 12.0 Å². The lowest BCUT2D eigenvalue weighted by Gasteiger charge is -2.16. The molecule has 6 heteroatoms. The molecule has 2 atom stereocenters. The zero-order valence-electron chi connectivity index (χ0n) is 13.1. The summed E-state index contributed by atoms with van der Waals surface area (Å²) in [6.45, 7) is 3.43. The molecule has 0 aliphatic carbocycles. The van der Waals surface area contributed by atoms with E-state index < -0.39 is 11.3 Å². The van der Waals surface area contributed by atoms with Gasteiger partial charge in [0.1, 0.15) is 5.38 Å². The van der Waals surface area contributed by atoms with Gasteiger partial charge in [-0.3, -0.25) is 4.79 Å². The summed E-state index contributed by atoms with van der Waals surface area (Å²) in [5, 5.41) is 12.7. The number of nitrogens with zero attached hydrogens (tertiary/aromatic N) is 1. The van der Waals surface area contributed by atoms with Crippen LogP contribution in [-0.2, 0) is 4.79 Å². The third kappa shape index (κ3) is 4.21. The molecule has 2 aromatic rings. The quantitative estimate of drug-likeness (QED) is 0.709. The minimum Gasteiger partial charge on any atom is -0.325 e. The van der Waals surface area contributed by atoms with Gasteiger partial charge < -0.3 is 5.32 Å². The van der Waals surface area contributed by atoms with Crippen LogP contribution in [0.2, 0.25) is 10.0 Å². The number of nitrogens with one attached hydrogen (secondary N) is 1. The van der Waals surface area contributed by atoms with Crippen LogP contribution >= 0.6 is 34.8 Å². The van der Waals surface area contributed by atoms with Crippen molar-refractivity contribution < 1.29 is 4.79 Å². The van der Waals surface area contributed by atoms with Crippen molar-refractivity contribution in [1.82, 2.24) is 0 Å². The molecule has 24 heavy (non-hydrogen) atoms. The maximum absolute atomic E-state index is 11.8. The van der Waals surface area contributed by atoms with E-state index in [1.165, 1.54) is 0 Å². The van der Waals surface area contributed by atoms with Crippen LogP contribution in [0.1, 0.15) is 29.5 Å². The van der Waals surface area contributed by atoms with Crippen LogP contribution in [0.25, 0.3) is 0 Å². The largest absolute Gasteiger partial charge is 0.325 e. The van der Waals surface area contributed by atoms with Gasteiger partial charge in [-0.1, -0.05) is 41.4 Å². The summed E-state index contributed by atoms with van der Waals surface area (Å²) in [6, 6.07) is 12.8. The number of alkyl halides is 1. The minimum absolute atomic E-state index is 0.307. The third-order valence-electron chi connectivity index (χ3n) is 3.61. The monoisotopic (exact) mass is 380 g/mol. The average molecular weight is 382 g/mol. The standard InChI is InChI=1S/C18H15Cl3N2O/c1-10-7-14(15(9-22)12-3-5-13(20)6-4-12)16(21)8-17(10)23-18(24)11(2)19/h3-8,11,15H,1-2H3,(H,23,24)/t11-,15+/m0/s1. The number of benzene rings is 2. The van der Waals surface area contributed by atoms with Gasteiger partial charge in [-0.2, -0.15) is 5.26 Å². The molecule has 0 aromatic heterocycles. The number of anilines is 1. The van der Waals surface area contributed by atoms with Crippen LogP contribution in [-0.4, -0.2) is 11.3 Å². The predicted molar refractivity (Wildman–Crippen MR) is 99.0 cm³/mol. The Balaban J connectivity index is 2.40. The number of hydrogen-bond donors (Lipinski definition) is 1. The van der Waals surface area contributed by atoms with Gasteiger partial charge in [0, 0.05) is 15.7 Å². The maximum Gasteiger partial charge on any atom is 0.242 e. The van der Waals surface area contributed by atoms with Crippen molar-refractivity contribution in [2.45, 2.75) is 25.1 Å². The number of amides is 1. The lowest BCUT2D eigenvalue weighted by molar-refractivity contribution is -0.115. The summed E-state index contributed by atoms with van der Waals surface area (Å²) in [7, 11) is 0. The molecule has 0 unspecified atom stereocenters. The molecule has 0 fully saturated rings. The molecule has 0 saturated heterocycles. The van der Waals surface area contributed by atoms with E-state index >= 15 is 0 Å². The van der Waals surface area contributed by atoms with Crippen molar-refractivity contribution in [3.63, 3.8) is 0 Å². The fourth-order valence-electron chi connectivity index (χ4n) is 2.27. The van der Waals surface area contributed by atoms with E-state index in [9.17, 15) is 10.1 Å². The number of carbonyl (C=O) groups excluding carboxylic acids is 1. The Morgan fingerprint density at radius 1 is 1.21 bits per heavy atom. The Kier molecular flexibility index (Phi) is 6.12. The lowest BCUT2D eigenvalue weighted by Crippen LogP contribution is -2.21. The first kappa shape index (κ1) is 18.6. The Hall–Kier alpha value is -1.73. The molecule has 124 valence electrons. The molecule has 2 rings (SSSR count). The molecule has 3 nitrogen and oxygen atoms in total. The highest BCUT2D eigenvalue weighted by atomic mass is 35.5. The topological polar surface area (TPSA) is 52.9 Å². The van der Waals surface area contributed by atoms with Gasteiger partial charge in [-0.15, -0.1) is 11.6 Å². The van der Waals surface area contributed by atoms with E-state index in [4.69, 9.17) is 34.8 Å². The van der Waals surface area contributed by atoms with Gasteiger partial charge in [-0.25, -0.2) is 0 Å². The molecule has 0 bridgehead atoms. The number of rotatable bonds is 4. The molecule has 0 aliphatic heterocycles. The predicted octanol–water partition coefficient (Wildman–Crippen LogP) is 5.52. The maximum atomic E-state index is 11.8. The molecule has 1 amide bonds. The Labute approximate surface area is 156 Å². The van der Waals surface area contributed by atoms with Gasteiger partial charge in [0.15, 0.2) is 0 Å². The lowest BCUT2D eigenvalue weighted by atomic mass is 9.91. The van der Waals surface area contributed by atoms with Crippen LogP contribution in [0, 0.1) is 18.3 Å². The first-order valence-electron chi connectivity index (χ1n) is 7.23. The molecule has 0 radical (unpaired) electrons. The minimum atomic E-state index is -0.649. The second kappa shape index (κ2) is 7.90. The van der Waals surface area contributed by atoms with Gasteiger partial charge in [-0.05, 0) is 48.7 Å². The number of hydrogen-bond acceptors (Lipinski definition) is 2. The number of aryl methyl sites for hydroxylation is 1. The number of halogens is 3. The van der Waals surface area contributed by atoms with Crippen LogP contribution in [0.3, 0.4) is 0 Å². The summed E-state index contributed by atoms with van der Waals surface area (Å²) in [5.41, 5.74) is 2.86. The zero-order chi connectivity index (χ0) is 17.9. The molecular formula is C18H15Cl3N2O. The van der Waals surface area contributed by atoms with E-state index in [0.717, 1.165) is 11.1 Å². The second-order valence-corrected chi connectivity index (χ2v) is 6.91. The fourth-order valence-corrected chi connectivity index (χ4v) is 2.72. The van der Waals surface area contributed by atoms with E-state index in [1.807, 2.05) is 6.92 Å². The van der Waals surface area contributed by atoms with Gasteiger partial charge in [0.25, 0.3) is 0 Å². The first-order valence-corrected chi connectivity index (χ1v) is 8.42. The van der Waals surface area contributed by atoms with Gasteiger partial charge >= 0.3 is 0 Å². The highest BCUT2D eigenvalue weighted by molar-refractivity contribution is 6.33. The Bertz CT molecular complexity index is 795. The molecule has 1 N–H and O–H groups in total. The average Bonchev–Trinajstić information content (AvgIpc) is 2.54. The molecule has 0 heterocycles. The number of carbonyl (C=O) groups is 1. The smallest absolute Gasteiger partial charge is 0.242 e. The summed E-state index contributed by atoms with van der Waals surface area (Å²) >= 11 is 18.0. The molecular weight excluding hydrogens is 367 g/mol. The zero-order valence-corrected chi connectivity index (χ0v) is 15.4. The third-order valence-corrected chi connectivity index (χ3v) is 4.38. The van der Waals surface area contributed by atoms with Crippen molar-refractivity contribution in [3.05, 3.63) is 63.1 Å². The van der Waals surface area contributed by atoms with Crippen LogP contribution in [0.15, 0.2) is 36.4 Å². The van der Waals surface area contributed by atoms with Crippen molar-refractivity contribution in [2.75, 3.05) is 5.32 Å². The highest BCUT2D eigenvalue weighted by Crippen LogP contribution is 2.34. The first-order chi connectivity index (χ1) is 11.3. The van der Waals surface area contributed by atoms with E-state index in [0.29, 0.717) is 21.3 Å².